The number of hydrogen-bond acceptors (Lipinski definition) is 3. The van der Waals surface area contributed by atoms with Crippen LogP contribution >= 0.6 is 11.3 Å². The minimum Gasteiger partial charge on any atom is -0.355 e. The largest absolute Gasteiger partial charge is 0.355 e. The first-order valence-corrected chi connectivity index (χ1v) is 9.47. The first-order chi connectivity index (χ1) is 11.9. The zero-order valence-electron chi connectivity index (χ0n) is 15.2. The summed E-state index contributed by atoms with van der Waals surface area (Å²) in [4.78, 5) is 26.3. The first kappa shape index (κ1) is 17.7. The number of fused-ring (bicyclic) bond motifs is 1. The van der Waals surface area contributed by atoms with E-state index < -0.39 is 0 Å². The van der Waals surface area contributed by atoms with Crippen molar-refractivity contribution in [1.82, 2.24) is 5.32 Å². The molecule has 4 nitrogen and oxygen atoms in total. The standard InChI is InChI=1S/C20H24N2O2S/c1-11-5-8-15-16(9-11)25-20(17(15)19(24)21-4)22-18(23)14-7-6-12(2)13(3)10-14/h6-7,10-11H,5,8-9H2,1-4H3,(H,21,24)(H,22,23)/t11-/m0/s1. The van der Waals surface area contributed by atoms with Gasteiger partial charge in [-0.2, -0.15) is 0 Å². The third kappa shape index (κ3) is 3.47. The van der Waals surface area contributed by atoms with Crippen LogP contribution in [0.15, 0.2) is 18.2 Å². The van der Waals surface area contributed by atoms with Crippen molar-refractivity contribution in [2.75, 3.05) is 12.4 Å². The molecule has 1 aromatic carbocycles. The van der Waals surface area contributed by atoms with E-state index in [4.69, 9.17) is 0 Å². The van der Waals surface area contributed by atoms with Gasteiger partial charge in [-0.05, 0) is 67.9 Å². The molecule has 0 spiro atoms. The molecule has 0 radical (unpaired) electrons. The summed E-state index contributed by atoms with van der Waals surface area (Å²) in [6, 6.07) is 5.66. The lowest BCUT2D eigenvalue weighted by Gasteiger charge is -2.18. The Morgan fingerprint density at radius 3 is 2.60 bits per heavy atom. The maximum atomic E-state index is 12.7. The molecule has 2 aromatic rings. The Hall–Kier alpha value is -2.14. The van der Waals surface area contributed by atoms with Gasteiger partial charge < -0.3 is 10.6 Å². The van der Waals surface area contributed by atoms with Crippen LogP contribution in [0.3, 0.4) is 0 Å². The quantitative estimate of drug-likeness (QED) is 0.870. The number of anilines is 1. The van der Waals surface area contributed by atoms with Gasteiger partial charge in [0.2, 0.25) is 0 Å². The fourth-order valence-electron chi connectivity index (χ4n) is 3.26. The first-order valence-electron chi connectivity index (χ1n) is 8.66. The molecule has 1 aliphatic rings. The second-order valence-corrected chi connectivity index (χ2v) is 7.99. The van der Waals surface area contributed by atoms with Crippen molar-refractivity contribution in [2.45, 2.75) is 40.0 Å². The van der Waals surface area contributed by atoms with Gasteiger partial charge in [-0.3, -0.25) is 9.59 Å². The summed E-state index contributed by atoms with van der Waals surface area (Å²) < 4.78 is 0. The molecule has 1 heterocycles. The summed E-state index contributed by atoms with van der Waals surface area (Å²) in [6.45, 7) is 6.25. The van der Waals surface area contributed by atoms with E-state index in [0.29, 0.717) is 22.0 Å². The average Bonchev–Trinajstić information content (AvgIpc) is 2.93. The average molecular weight is 356 g/mol. The van der Waals surface area contributed by atoms with E-state index in [2.05, 4.69) is 17.6 Å². The number of benzene rings is 1. The highest BCUT2D eigenvalue weighted by atomic mass is 32.1. The fraction of sp³-hybridized carbons (Fsp3) is 0.400. The molecule has 0 bridgehead atoms. The molecule has 0 aliphatic heterocycles. The Balaban J connectivity index is 1.95. The molecular weight excluding hydrogens is 332 g/mol. The number of thiophene rings is 1. The van der Waals surface area contributed by atoms with Crippen molar-refractivity contribution in [1.29, 1.82) is 0 Å². The molecule has 0 saturated carbocycles. The van der Waals surface area contributed by atoms with E-state index in [0.717, 1.165) is 36.0 Å². The summed E-state index contributed by atoms with van der Waals surface area (Å²) in [5.74, 6) is 0.328. The van der Waals surface area contributed by atoms with Gasteiger partial charge >= 0.3 is 0 Å². The maximum Gasteiger partial charge on any atom is 0.256 e. The third-order valence-electron chi connectivity index (χ3n) is 4.96. The minimum atomic E-state index is -0.167. The van der Waals surface area contributed by atoms with Crippen LogP contribution in [0.2, 0.25) is 0 Å². The van der Waals surface area contributed by atoms with Crippen molar-refractivity contribution in [2.24, 2.45) is 5.92 Å². The number of rotatable bonds is 3. The zero-order valence-corrected chi connectivity index (χ0v) is 16.0. The smallest absolute Gasteiger partial charge is 0.256 e. The number of carbonyl (C=O) groups excluding carboxylic acids is 2. The molecule has 3 rings (SSSR count). The van der Waals surface area contributed by atoms with Gasteiger partial charge in [0.05, 0.1) is 5.56 Å². The van der Waals surface area contributed by atoms with Crippen molar-refractivity contribution in [3.63, 3.8) is 0 Å². The maximum absolute atomic E-state index is 12.7. The fourth-order valence-corrected chi connectivity index (χ4v) is 4.67. The van der Waals surface area contributed by atoms with Gasteiger partial charge in [0.25, 0.3) is 11.8 Å². The third-order valence-corrected chi connectivity index (χ3v) is 6.13. The van der Waals surface area contributed by atoms with E-state index >= 15 is 0 Å². The summed E-state index contributed by atoms with van der Waals surface area (Å²) >= 11 is 1.55. The zero-order chi connectivity index (χ0) is 18.1. The van der Waals surface area contributed by atoms with Crippen molar-refractivity contribution < 1.29 is 9.59 Å². The molecular formula is C20H24N2O2S. The highest BCUT2D eigenvalue weighted by Crippen LogP contribution is 2.39. The number of carbonyl (C=O) groups is 2. The predicted octanol–water partition coefficient (Wildman–Crippen LogP) is 4.10. The molecule has 1 aromatic heterocycles. The molecule has 25 heavy (non-hydrogen) atoms. The Labute approximate surface area is 152 Å². The monoisotopic (exact) mass is 356 g/mol. The summed E-state index contributed by atoms with van der Waals surface area (Å²) in [6.07, 6.45) is 2.96. The molecule has 0 unspecified atom stereocenters. The van der Waals surface area contributed by atoms with Crippen LogP contribution < -0.4 is 10.6 Å². The normalized spacial score (nSPS) is 16.2. The van der Waals surface area contributed by atoms with Gasteiger partial charge in [-0.15, -0.1) is 11.3 Å². The van der Waals surface area contributed by atoms with Crippen LogP contribution in [0, 0.1) is 19.8 Å². The lowest BCUT2D eigenvalue weighted by atomic mass is 9.88. The van der Waals surface area contributed by atoms with Crippen LogP contribution in [-0.2, 0) is 12.8 Å². The SMILES string of the molecule is CNC(=O)c1c(NC(=O)c2ccc(C)c(C)c2)sc2c1CC[C@H](C)C2. The van der Waals surface area contributed by atoms with E-state index in [1.165, 1.54) is 4.88 Å². The van der Waals surface area contributed by atoms with Crippen LogP contribution in [0.1, 0.15) is 55.6 Å². The van der Waals surface area contributed by atoms with Gasteiger partial charge in [-0.25, -0.2) is 0 Å². The molecule has 5 heteroatoms. The van der Waals surface area contributed by atoms with Crippen LogP contribution in [0.5, 0.6) is 0 Å². The van der Waals surface area contributed by atoms with Crippen molar-refractivity contribution in [3.8, 4) is 0 Å². The van der Waals surface area contributed by atoms with Crippen LogP contribution in [-0.4, -0.2) is 18.9 Å². The Morgan fingerprint density at radius 2 is 1.92 bits per heavy atom. The molecule has 2 N–H and O–H groups in total. The van der Waals surface area contributed by atoms with Gasteiger partial charge in [0.15, 0.2) is 0 Å². The topological polar surface area (TPSA) is 58.2 Å². The lowest BCUT2D eigenvalue weighted by molar-refractivity contribution is 0.0963. The molecule has 132 valence electrons. The van der Waals surface area contributed by atoms with E-state index in [1.54, 1.807) is 18.4 Å². The number of amides is 2. The molecule has 0 fully saturated rings. The second kappa shape index (κ2) is 7.00. The summed E-state index contributed by atoms with van der Waals surface area (Å²) in [5.41, 5.74) is 4.61. The van der Waals surface area contributed by atoms with E-state index in [-0.39, 0.29) is 11.8 Å². The van der Waals surface area contributed by atoms with E-state index in [9.17, 15) is 9.59 Å². The number of hydrogen-bond donors (Lipinski definition) is 2. The highest BCUT2D eigenvalue weighted by molar-refractivity contribution is 7.17. The predicted molar refractivity (Wildman–Crippen MR) is 103 cm³/mol. The molecule has 0 saturated heterocycles. The van der Waals surface area contributed by atoms with E-state index in [1.807, 2.05) is 32.0 Å². The van der Waals surface area contributed by atoms with Gasteiger partial charge in [0.1, 0.15) is 5.00 Å². The molecule has 1 atom stereocenters. The van der Waals surface area contributed by atoms with Gasteiger partial charge in [0, 0.05) is 17.5 Å². The Kier molecular flexibility index (Phi) is 4.95. The summed E-state index contributed by atoms with van der Waals surface area (Å²) in [7, 11) is 1.63. The lowest BCUT2D eigenvalue weighted by Crippen LogP contribution is -2.22. The number of aryl methyl sites for hydroxylation is 2. The Bertz CT molecular complexity index is 838. The van der Waals surface area contributed by atoms with Gasteiger partial charge in [-0.1, -0.05) is 13.0 Å². The van der Waals surface area contributed by atoms with Crippen LogP contribution in [0.4, 0.5) is 5.00 Å². The van der Waals surface area contributed by atoms with Crippen LogP contribution in [0.25, 0.3) is 0 Å². The minimum absolute atomic E-state index is 0.123. The highest BCUT2D eigenvalue weighted by Gasteiger charge is 2.28. The number of nitrogens with one attached hydrogen (secondary N) is 2. The summed E-state index contributed by atoms with van der Waals surface area (Å²) in [5, 5.41) is 6.36. The molecule has 2 amide bonds. The van der Waals surface area contributed by atoms with Crippen molar-refractivity contribution >= 4 is 28.2 Å². The molecule has 1 aliphatic carbocycles. The Morgan fingerprint density at radius 1 is 1.16 bits per heavy atom. The second-order valence-electron chi connectivity index (χ2n) is 6.89. The van der Waals surface area contributed by atoms with Crippen molar-refractivity contribution in [3.05, 3.63) is 50.9 Å².